The number of anilines is 2. The van der Waals surface area contributed by atoms with Crippen molar-refractivity contribution in [2.75, 3.05) is 17.2 Å². The molecule has 0 aliphatic carbocycles. The summed E-state index contributed by atoms with van der Waals surface area (Å²) in [5, 5.41) is 11.8. The number of carbonyl (C=O) groups excluding carboxylic acids is 3. The first-order valence-electron chi connectivity index (χ1n) is 12.8. The molecule has 198 valence electrons. The van der Waals surface area contributed by atoms with E-state index in [4.69, 9.17) is 0 Å². The average molecular weight is 521 g/mol. The summed E-state index contributed by atoms with van der Waals surface area (Å²) in [5.41, 5.74) is 4.42. The Kier molecular flexibility index (Phi) is 9.08. The molecule has 0 aliphatic rings. The molecular formula is C32H32N4O3. The zero-order chi connectivity index (χ0) is 27.6. The van der Waals surface area contributed by atoms with Crippen LogP contribution in [0, 0.1) is 0 Å². The molecule has 4 rings (SSSR count). The van der Waals surface area contributed by atoms with Gasteiger partial charge in [0.15, 0.2) is 0 Å². The fourth-order valence-corrected chi connectivity index (χ4v) is 4.04. The SMILES string of the molecule is CC(NC(=O)c1ccc(NCC(=O)Nc2ccc(C(=O)NC(C)c3ccccc3)cc2)cc1)c1ccccc1. The molecule has 0 spiro atoms. The van der Waals surface area contributed by atoms with Gasteiger partial charge in [-0.25, -0.2) is 0 Å². The quantitative estimate of drug-likeness (QED) is 0.215. The molecule has 0 fully saturated rings. The van der Waals surface area contributed by atoms with Crippen LogP contribution in [-0.4, -0.2) is 24.3 Å². The molecule has 4 aromatic rings. The third-order valence-electron chi connectivity index (χ3n) is 6.33. The fourth-order valence-electron chi connectivity index (χ4n) is 4.04. The summed E-state index contributed by atoms with van der Waals surface area (Å²) in [6.45, 7) is 3.92. The largest absolute Gasteiger partial charge is 0.376 e. The van der Waals surface area contributed by atoms with Crippen LogP contribution in [-0.2, 0) is 4.79 Å². The Morgan fingerprint density at radius 2 is 0.974 bits per heavy atom. The van der Waals surface area contributed by atoms with Crippen LogP contribution >= 0.6 is 0 Å². The number of amides is 3. The molecule has 4 aromatic carbocycles. The Hall–Kier alpha value is -4.91. The van der Waals surface area contributed by atoms with Crippen LogP contribution in [0.4, 0.5) is 11.4 Å². The standard InChI is InChI=1S/C32H32N4O3/c1-22(24-9-5-3-6-10-24)34-31(38)26-13-17-28(18-14-26)33-21-30(37)36-29-19-15-27(16-20-29)32(39)35-23(2)25-11-7-4-8-12-25/h3-20,22-23,33H,21H2,1-2H3,(H,34,38)(H,35,39)(H,36,37). The molecule has 7 nitrogen and oxygen atoms in total. The smallest absolute Gasteiger partial charge is 0.251 e. The van der Waals surface area contributed by atoms with Crippen molar-refractivity contribution in [2.45, 2.75) is 25.9 Å². The summed E-state index contributed by atoms with van der Waals surface area (Å²) in [5.74, 6) is -0.580. The van der Waals surface area contributed by atoms with E-state index >= 15 is 0 Å². The third-order valence-corrected chi connectivity index (χ3v) is 6.33. The lowest BCUT2D eigenvalue weighted by atomic mass is 10.1. The van der Waals surface area contributed by atoms with E-state index in [0.29, 0.717) is 16.8 Å². The first-order valence-corrected chi connectivity index (χ1v) is 12.8. The van der Waals surface area contributed by atoms with Crippen molar-refractivity contribution in [3.8, 4) is 0 Å². The highest BCUT2D eigenvalue weighted by Gasteiger charge is 2.13. The van der Waals surface area contributed by atoms with Crippen LogP contribution in [0.1, 0.15) is 57.8 Å². The van der Waals surface area contributed by atoms with Crippen molar-refractivity contribution >= 4 is 29.1 Å². The minimum absolute atomic E-state index is 0.0490. The second kappa shape index (κ2) is 13.1. The minimum atomic E-state index is -0.233. The first kappa shape index (κ1) is 27.1. The van der Waals surface area contributed by atoms with Crippen molar-refractivity contribution in [1.29, 1.82) is 0 Å². The molecule has 7 heteroatoms. The Morgan fingerprint density at radius 3 is 1.41 bits per heavy atom. The Balaban J connectivity index is 1.22. The average Bonchev–Trinajstić information content (AvgIpc) is 2.97. The van der Waals surface area contributed by atoms with Gasteiger partial charge in [-0.05, 0) is 73.5 Å². The second-order valence-electron chi connectivity index (χ2n) is 9.27. The van der Waals surface area contributed by atoms with E-state index in [-0.39, 0.29) is 36.3 Å². The van der Waals surface area contributed by atoms with Crippen molar-refractivity contribution in [3.63, 3.8) is 0 Å². The van der Waals surface area contributed by atoms with E-state index in [9.17, 15) is 14.4 Å². The lowest BCUT2D eigenvalue weighted by molar-refractivity contribution is -0.114. The lowest BCUT2D eigenvalue weighted by Crippen LogP contribution is -2.26. The lowest BCUT2D eigenvalue weighted by Gasteiger charge is -2.15. The van der Waals surface area contributed by atoms with Gasteiger partial charge in [-0.15, -0.1) is 0 Å². The van der Waals surface area contributed by atoms with E-state index < -0.39 is 0 Å². The first-order chi connectivity index (χ1) is 18.9. The highest BCUT2D eigenvalue weighted by Crippen LogP contribution is 2.16. The Labute approximate surface area is 228 Å². The van der Waals surface area contributed by atoms with E-state index in [1.807, 2.05) is 74.5 Å². The maximum atomic E-state index is 12.6. The van der Waals surface area contributed by atoms with Gasteiger partial charge in [-0.1, -0.05) is 60.7 Å². The van der Waals surface area contributed by atoms with Gasteiger partial charge in [0, 0.05) is 22.5 Å². The monoisotopic (exact) mass is 520 g/mol. The summed E-state index contributed by atoms with van der Waals surface area (Å²) in [6.07, 6.45) is 0. The fraction of sp³-hybridized carbons (Fsp3) is 0.156. The summed E-state index contributed by atoms with van der Waals surface area (Å²) in [7, 11) is 0. The van der Waals surface area contributed by atoms with Gasteiger partial charge in [-0.2, -0.15) is 0 Å². The van der Waals surface area contributed by atoms with Gasteiger partial charge in [0.25, 0.3) is 11.8 Å². The summed E-state index contributed by atoms with van der Waals surface area (Å²) >= 11 is 0. The molecule has 0 radical (unpaired) electrons. The van der Waals surface area contributed by atoms with E-state index in [0.717, 1.165) is 16.8 Å². The van der Waals surface area contributed by atoms with Gasteiger partial charge in [0.05, 0.1) is 18.6 Å². The molecule has 0 aromatic heterocycles. The van der Waals surface area contributed by atoms with Crippen LogP contribution in [0.5, 0.6) is 0 Å². The Morgan fingerprint density at radius 1 is 0.564 bits per heavy atom. The van der Waals surface area contributed by atoms with E-state index in [1.165, 1.54) is 0 Å². The normalized spacial score (nSPS) is 12.1. The summed E-state index contributed by atoms with van der Waals surface area (Å²) in [6, 6.07) is 33.0. The highest BCUT2D eigenvalue weighted by molar-refractivity contribution is 5.97. The summed E-state index contributed by atoms with van der Waals surface area (Å²) in [4.78, 5) is 37.6. The van der Waals surface area contributed by atoms with Crippen molar-refractivity contribution in [3.05, 3.63) is 131 Å². The van der Waals surface area contributed by atoms with Crippen LogP contribution in [0.2, 0.25) is 0 Å². The van der Waals surface area contributed by atoms with Crippen molar-refractivity contribution in [1.82, 2.24) is 10.6 Å². The molecule has 2 unspecified atom stereocenters. The molecule has 0 bridgehead atoms. The molecule has 4 N–H and O–H groups in total. The molecule has 0 aliphatic heterocycles. The molecule has 0 saturated carbocycles. The van der Waals surface area contributed by atoms with Gasteiger partial charge in [-0.3, -0.25) is 14.4 Å². The Bertz CT molecular complexity index is 1390. The molecule has 0 heterocycles. The topological polar surface area (TPSA) is 99.3 Å². The highest BCUT2D eigenvalue weighted by atomic mass is 16.2. The second-order valence-corrected chi connectivity index (χ2v) is 9.27. The number of hydrogen-bond acceptors (Lipinski definition) is 4. The maximum Gasteiger partial charge on any atom is 0.251 e. The number of nitrogens with one attached hydrogen (secondary N) is 4. The van der Waals surface area contributed by atoms with Gasteiger partial charge >= 0.3 is 0 Å². The van der Waals surface area contributed by atoms with Crippen molar-refractivity contribution in [2.24, 2.45) is 0 Å². The predicted octanol–water partition coefficient (Wildman–Crippen LogP) is 5.72. The van der Waals surface area contributed by atoms with Gasteiger partial charge < -0.3 is 21.3 Å². The maximum absolute atomic E-state index is 12.6. The number of rotatable bonds is 10. The third kappa shape index (κ3) is 7.79. The van der Waals surface area contributed by atoms with Gasteiger partial charge in [0.2, 0.25) is 5.91 Å². The van der Waals surface area contributed by atoms with E-state index in [2.05, 4.69) is 21.3 Å². The molecule has 39 heavy (non-hydrogen) atoms. The van der Waals surface area contributed by atoms with Crippen LogP contribution in [0.3, 0.4) is 0 Å². The molecule has 0 saturated heterocycles. The predicted molar refractivity (Wildman–Crippen MR) is 155 cm³/mol. The number of hydrogen-bond donors (Lipinski definition) is 4. The zero-order valence-corrected chi connectivity index (χ0v) is 22.0. The zero-order valence-electron chi connectivity index (χ0n) is 22.0. The number of carbonyl (C=O) groups is 3. The van der Waals surface area contributed by atoms with Gasteiger partial charge in [0.1, 0.15) is 0 Å². The van der Waals surface area contributed by atoms with E-state index in [1.54, 1.807) is 48.5 Å². The molecule has 2 atom stereocenters. The van der Waals surface area contributed by atoms with Crippen molar-refractivity contribution < 1.29 is 14.4 Å². The molecule has 3 amide bonds. The van der Waals surface area contributed by atoms with Crippen LogP contribution in [0.25, 0.3) is 0 Å². The van der Waals surface area contributed by atoms with Crippen LogP contribution < -0.4 is 21.3 Å². The number of benzene rings is 4. The molecular weight excluding hydrogens is 488 g/mol. The minimum Gasteiger partial charge on any atom is -0.376 e. The summed E-state index contributed by atoms with van der Waals surface area (Å²) < 4.78 is 0. The van der Waals surface area contributed by atoms with Crippen LogP contribution in [0.15, 0.2) is 109 Å².